The van der Waals surface area contributed by atoms with E-state index in [1.165, 1.54) is 0 Å². The van der Waals surface area contributed by atoms with Crippen molar-refractivity contribution in [3.05, 3.63) is 0 Å². The summed E-state index contributed by atoms with van der Waals surface area (Å²) < 4.78 is 60.8. The molecule has 1 rings (SSSR count). The van der Waals surface area contributed by atoms with E-state index in [2.05, 4.69) is 13.8 Å². The summed E-state index contributed by atoms with van der Waals surface area (Å²) in [5, 5.41) is 2.90. The van der Waals surface area contributed by atoms with Gasteiger partial charge in [-0.15, -0.1) is 3.63 Å². The number of nitrogens with two attached hydrogens (primary N) is 1. The molecule has 0 aliphatic carbocycles. The standard InChI is InChI=1S/C12H25N3O2.H2O7S2/c1-3-10(2)11(13)12(16)14-4-5-15-6-8-17-9-7-15;1-8(2,3)7-9(4,5)6/h10-11H,3-9,13H2,1-2H3,(H,14,16);(H,1,2,3)(H,4,5,6)/t10-,11-;/m0./s1. The Labute approximate surface area is 153 Å². The lowest BCUT2D eigenvalue weighted by molar-refractivity contribution is -0.123. The molecule has 2 atom stereocenters. The van der Waals surface area contributed by atoms with Crippen LogP contribution in [0.4, 0.5) is 0 Å². The van der Waals surface area contributed by atoms with Crippen LogP contribution < -0.4 is 11.1 Å². The molecule has 0 spiro atoms. The van der Waals surface area contributed by atoms with Crippen molar-refractivity contribution in [2.75, 3.05) is 39.4 Å². The average molecular weight is 421 g/mol. The highest BCUT2D eigenvalue weighted by Crippen LogP contribution is 2.04. The van der Waals surface area contributed by atoms with Gasteiger partial charge in [0.25, 0.3) is 0 Å². The Bertz CT molecular complexity index is 588. The van der Waals surface area contributed by atoms with Crippen molar-refractivity contribution in [1.82, 2.24) is 10.2 Å². The Morgan fingerprint density at radius 2 is 1.73 bits per heavy atom. The maximum Gasteiger partial charge on any atom is 0.413 e. The van der Waals surface area contributed by atoms with Gasteiger partial charge in [-0.25, -0.2) is 0 Å². The summed E-state index contributed by atoms with van der Waals surface area (Å²) in [5.74, 6) is 0.200. The molecule has 0 saturated carbocycles. The van der Waals surface area contributed by atoms with Gasteiger partial charge in [0.05, 0.1) is 19.3 Å². The zero-order valence-electron chi connectivity index (χ0n) is 14.7. The Morgan fingerprint density at radius 1 is 1.23 bits per heavy atom. The Kier molecular flexibility index (Phi) is 11.4. The number of hydrogen-bond donors (Lipinski definition) is 4. The molecule has 1 saturated heterocycles. The molecule has 26 heavy (non-hydrogen) atoms. The summed E-state index contributed by atoms with van der Waals surface area (Å²) in [6.07, 6.45) is 0.929. The summed E-state index contributed by atoms with van der Waals surface area (Å²) in [7, 11) is -10.2. The third kappa shape index (κ3) is 13.3. The van der Waals surface area contributed by atoms with Crippen LogP contribution in [0.25, 0.3) is 0 Å². The van der Waals surface area contributed by atoms with Gasteiger partial charge in [0.15, 0.2) is 0 Å². The van der Waals surface area contributed by atoms with Crippen LogP contribution in [0.15, 0.2) is 0 Å². The number of carbonyl (C=O) groups is 1. The van der Waals surface area contributed by atoms with E-state index in [0.29, 0.717) is 6.54 Å². The van der Waals surface area contributed by atoms with Gasteiger partial charge >= 0.3 is 20.8 Å². The normalized spacial score (nSPS) is 18.3. The van der Waals surface area contributed by atoms with Crippen molar-refractivity contribution in [3.8, 4) is 0 Å². The van der Waals surface area contributed by atoms with E-state index < -0.39 is 20.8 Å². The van der Waals surface area contributed by atoms with Crippen LogP contribution in [-0.4, -0.2) is 82.2 Å². The molecule has 0 aromatic carbocycles. The first-order chi connectivity index (χ1) is 11.9. The topological polar surface area (TPSA) is 186 Å². The predicted molar refractivity (Wildman–Crippen MR) is 91.9 cm³/mol. The maximum atomic E-state index is 11.7. The number of nitrogens with zero attached hydrogens (tertiary/aromatic N) is 1. The number of rotatable bonds is 8. The van der Waals surface area contributed by atoms with Gasteiger partial charge in [-0.05, 0) is 5.92 Å². The zero-order valence-corrected chi connectivity index (χ0v) is 16.3. The van der Waals surface area contributed by atoms with Gasteiger partial charge in [0, 0.05) is 26.2 Å². The van der Waals surface area contributed by atoms with Gasteiger partial charge in [-0.1, -0.05) is 20.3 Å². The molecule has 0 unspecified atom stereocenters. The molecule has 1 amide bonds. The van der Waals surface area contributed by atoms with Crippen LogP contribution >= 0.6 is 0 Å². The Balaban J connectivity index is 0.000000590. The number of nitrogens with one attached hydrogen (secondary N) is 1. The first kappa shape index (κ1) is 25.1. The fourth-order valence-corrected chi connectivity index (χ4v) is 2.77. The average Bonchev–Trinajstić information content (AvgIpc) is 2.51. The van der Waals surface area contributed by atoms with Crippen LogP contribution in [0.1, 0.15) is 20.3 Å². The molecular formula is C12H27N3O9S2. The number of hydrogen-bond acceptors (Lipinski definition) is 9. The lowest BCUT2D eigenvalue weighted by Crippen LogP contribution is -2.47. The lowest BCUT2D eigenvalue weighted by atomic mass is 9.99. The number of carbonyl (C=O) groups excluding carboxylic acids is 1. The van der Waals surface area contributed by atoms with Gasteiger partial charge in [-0.2, -0.15) is 16.8 Å². The molecule has 0 aromatic heterocycles. The van der Waals surface area contributed by atoms with Crippen LogP contribution in [0.5, 0.6) is 0 Å². The summed E-state index contributed by atoms with van der Waals surface area (Å²) >= 11 is 0. The Hall–Kier alpha value is -0.870. The minimum Gasteiger partial charge on any atom is -0.379 e. The molecule has 14 heteroatoms. The summed E-state index contributed by atoms with van der Waals surface area (Å²) in [5.41, 5.74) is 5.84. The third-order valence-electron chi connectivity index (χ3n) is 3.56. The highest BCUT2D eigenvalue weighted by atomic mass is 32.3. The smallest absolute Gasteiger partial charge is 0.379 e. The van der Waals surface area contributed by atoms with Gasteiger partial charge in [0.1, 0.15) is 0 Å². The molecule has 0 radical (unpaired) electrons. The van der Waals surface area contributed by atoms with E-state index >= 15 is 0 Å². The first-order valence-electron chi connectivity index (χ1n) is 7.85. The fourth-order valence-electron chi connectivity index (χ4n) is 1.90. The minimum absolute atomic E-state index is 0.0346. The molecular weight excluding hydrogens is 394 g/mol. The van der Waals surface area contributed by atoms with E-state index in [1.807, 2.05) is 13.8 Å². The summed E-state index contributed by atoms with van der Waals surface area (Å²) in [6.45, 7) is 9.09. The molecule has 0 bridgehead atoms. The van der Waals surface area contributed by atoms with E-state index in [1.54, 1.807) is 0 Å². The van der Waals surface area contributed by atoms with Crippen molar-refractivity contribution in [2.24, 2.45) is 11.7 Å². The second-order valence-electron chi connectivity index (χ2n) is 5.58. The predicted octanol–water partition coefficient (Wildman–Crippen LogP) is -1.58. The van der Waals surface area contributed by atoms with Crippen LogP contribution in [0.2, 0.25) is 0 Å². The lowest BCUT2D eigenvalue weighted by Gasteiger charge is -2.27. The highest BCUT2D eigenvalue weighted by Gasteiger charge is 2.19. The summed E-state index contributed by atoms with van der Waals surface area (Å²) in [6, 6.07) is -0.385. The molecule has 1 aliphatic rings. The van der Waals surface area contributed by atoms with Crippen molar-refractivity contribution in [3.63, 3.8) is 0 Å². The minimum atomic E-state index is -5.12. The molecule has 0 aromatic rings. The van der Waals surface area contributed by atoms with Gasteiger partial charge in [0.2, 0.25) is 5.91 Å². The second kappa shape index (κ2) is 11.8. The van der Waals surface area contributed by atoms with Gasteiger partial charge < -0.3 is 15.8 Å². The van der Waals surface area contributed by atoms with Crippen molar-refractivity contribution < 1.29 is 39.1 Å². The zero-order chi connectivity index (χ0) is 20.4. The van der Waals surface area contributed by atoms with E-state index in [4.69, 9.17) is 19.6 Å². The van der Waals surface area contributed by atoms with Crippen LogP contribution in [0, 0.1) is 5.92 Å². The second-order valence-corrected chi connectivity index (χ2v) is 7.84. The number of morpholine rings is 1. The molecule has 1 heterocycles. The van der Waals surface area contributed by atoms with Crippen molar-refractivity contribution >= 4 is 26.7 Å². The fraction of sp³-hybridized carbons (Fsp3) is 0.917. The van der Waals surface area contributed by atoms with Crippen molar-refractivity contribution in [1.29, 1.82) is 0 Å². The maximum absolute atomic E-state index is 11.7. The highest BCUT2D eigenvalue weighted by molar-refractivity contribution is 7.94. The van der Waals surface area contributed by atoms with E-state index in [0.717, 1.165) is 39.3 Å². The Morgan fingerprint density at radius 3 is 2.12 bits per heavy atom. The number of ether oxygens (including phenoxy) is 1. The largest absolute Gasteiger partial charge is 0.413 e. The van der Waals surface area contributed by atoms with Gasteiger partial charge in [-0.3, -0.25) is 18.8 Å². The van der Waals surface area contributed by atoms with Crippen molar-refractivity contribution in [2.45, 2.75) is 26.3 Å². The van der Waals surface area contributed by atoms with E-state index in [-0.39, 0.29) is 17.9 Å². The SMILES string of the molecule is CC[C@H](C)[C@H](N)C(=O)NCCN1CCOCC1.O=S(=O)(O)OS(=O)(=O)O. The number of amides is 1. The molecule has 5 N–H and O–H groups in total. The first-order valence-corrected chi connectivity index (χ1v) is 10.6. The molecule has 12 nitrogen and oxygen atoms in total. The molecule has 156 valence electrons. The van der Waals surface area contributed by atoms with Crippen LogP contribution in [0.3, 0.4) is 0 Å². The van der Waals surface area contributed by atoms with E-state index in [9.17, 15) is 21.6 Å². The molecule has 1 aliphatic heterocycles. The monoisotopic (exact) mass is 421 g/mol. The molecule has 1 fully saturated rings. The quantitative estimate of drug-likeness (QED) is 0.331. The third-order valence-corrected chi connectivity index (χ3v) is 4.94. The van der Waals surface area contributed by atoms with Crippen LogP contribution in [-0.2, 0) is 34.0 Å². The summed E-state index contributed by atoms with van der Waals surface area (Å²) in [4.78, 5) is 14.0.